The maximum atomic E-state index is 10.1. The molecule has 0 radical (unpaired) electrons. The van der Waals surface area contributed by atoms with Crippen LogP contribution in [0.4, 0.5) is 0 Å². The van der Waals surface area contributed by atoms with Crippen LogP contribution in [-0.4, -0.2) is 35.0 Å². The van der Waals surface area contributed by atoms with Crippen molar-refractivity contribution in [2.45, 2.75) is 121 Å². The maximum Gasteiger partial charge on any atom is 0.0746 e. The zero-order chi connectivity index (χ0) is 18.2. The minimum absolute atomic E-state index is 0.176. The molecular weight excluding hydrogens is 310 g/mol. The number of nitrogens with one attached hydrogen (secondary N) is 1. The summed E-state index contributed by atoms with van der Waals surface area (Å²) in [4.78, 5) is 0. The Labute approximate surface area is 156 Å². The molecule has 1 rings (SSSR count). The lowest BCUT2D eigenvalue weighted by molar-refractivity contribution is 0.0795. The van der Waals surface area contributed by atoms with Crippen LogP contribution >= 0.6 is 0 Å². The van der Waals surface area contributed by atoms with Gasteiger partial charge in [0.15, 0.2) is 0 Å². The van der Waals surface area contributed by atoms with Crippen LogP contribution in [-0.2, 0) is 0 Å². The lowest BCUT2D eigenvalue weighted by atomic mass is 10.0. The molecule has 0 saturated carbocycles. The van der Waals surface area contributed by atoms with Crippen molar-refractivity contribution >= 4 is 0 Å². The molecule has 1 heterocycles. The van der Waals surface area contributed by atoms with Crippen molar-refractivity contribution in [1.82, 2.24) is 5.32 Å². The van der Waals surface area contributed by atoms with Gasteiger partial charge in [-0.2, -0.15) is 0 Å². The summed E-state index contributed by atoms with van der Waals surface area (Å²) in [7, 11) is 0. The fourth-order valence-electron chi connectivity index (χ4n) is 3.71. The van der Waals surface area contributed by atoms with Gasteiger partial charge in [0.2, 0.25) is 0 Å². The lowest BCUT2D eigenvalue weighted by Crippen LogP contribution is -2.36. The van der Waals surface area contributed by atoms with E-state index in [9.17, 15) is 10.2 Å². The van der Waals surface area contributed by atoms with E-state index in [1.807, 2.05) is 6.08 Å². The Bertz CT molecular complexity index is 313. The smallest absolute Gasteiger partial charge is 0.0746 e. The predicted molar refractivity (Wildman–Crippen MR) is 108 cm³/mol. The minimum Gasteiger partial charge on any atom is -0.391 e. The predicted octanol–water partition coefficient (Wildman–Crippen LogP) is 5.11. The van der Waals surface area contributed by atoms with Crippen LogP contribution in [0.5, 0.6) is 0 Å². The number of allylic oxidation sites excluding steroid dienone is 1. The Hall–Kier alpha value is -0.380. The van der Waals surface area contributed by atoms with E-state index < -0.39 is 12.2 Å². The minimum atomic E-state index is -0.509. The number of hydrogen-bond acceptors (Lipinski definition) is 3. The average Bonchev–Trinajstić information content (AvgIpc) is 3.13. The van der Waals surface area contributed by atoms with Gasteiger partial charge in [-0.15, -0.1) is 0 Å². The highest BCUT2D eigenvalue weighted by Crippen LogP contribution is 2.15. The van der Waals surface area contributed by atoms with Gasteiger partial charge >= 0.3 is 0 Å². The molecule has 0 spiro atoms. The average molecular weight is 354 g/mol. The van der Waals surface area contributed by atoms with Crippen molar-refractivity contribution in [2.24, 2.45) is 0 Å². The number of aliphatic hydroxyl groups excluding tert-OH is 2. The molecule has 148 valence electrons. The third kappa shape index (κ3) is 12.6. The largest absolute Gasteiger partial charge is 0.391 e. The van der Waals surface area contributed by atoms with E-state index in [1.54, 1.807) is 0 Å². The Morgan fingerprint density at radius 2 is 1.52 bits per heavy atom. The molecule has 0 aromatic rings. The molecule has 1 aliphatic rings. The lowest BCUT2D eigenvalue weighted by Gasteiger charge is -2.19. The zero-order valence-electron chi connectivity index (χ0n) is 16.6. The van der Waals surface area contributed by atoms with Crippen molar-refractivity contribution in [2.75, 3.05) is 6.54 Å². The second kappa shape index (κ2) is 15.8. The standard InChI is InChI=1S/C22H43NO2/c1-2-3-4-5-6-7-8-9-10-11-12-13-14-16-20(24)19-22(25)21-17-15-18-23-21/h14,16,20-25H,2-13,15,17-19H2,1H3/b16-14+. The third-order valence-electron chi connectivity index (χ3n) is 5.38. The van der Waals surface area contributed by atoms with Gasteiger partial charge in [-0.25, -0.2) is 0 Å². The van der Waals surface area contributed by atoms with Gasteiger partial charge in [-0.05, 0) is 32.2 Å². The molecule has 0 aromatic carbocycles. The molecule has 1 saturated heterocycles. The van der Waals surface area contributed by atoms with Crippen molar-refractivity contribution < 1.29 is 10.2 Å². The summed E-state index contributed by atoms with van der Waals surface area (Å²) in [5.41, 5.74) is 0. The molecule has 0 aliphatic carbocycles. The first-order valence-electron chi connectivity index (χ1n) is 11.0. The second-order valence-electron chi connectivity index (χ2n) is 7.83. The van der Waals surface area contributed by atoms with Gasteiger partial charge in [0, 0.05) is 12.5 Å². The number of aliphatic hydroxyl groups is 2. The Balaban J connectivity index is 1.85. The van der Waals surface area contributed by atoms with Crippen molar-refractivity contribution in [3.63, 3.8) is 0 Å². The Morgan fingerprint density at radius 3 is 2.08 bits per heavy atom. The summed E-state index contributed by atoms with van der Waals surface area (Å²) in [5, 5.41) is 23.3. The second-order valence-corrected chi connectivity index (χ2v) is 7.83. The quantitative estimate of drug-likeness (QED) is 0.267. The van der Waals surface area contributed by atoms with E-state index in [0.29, 0.717) is 6.42 Å². The molecule has 0 bridgehead atoms. The van der Waals surface area contributed by atoms with E-state index in [1.165, 1.54) is 70.6 Å². The first kappa shape index (κ1) is 22.7. The Kier molecular flexibility index (Phi) is 14.4. The highest BCUT2D eigenvalue weighted by molar-refractivity contribution is 4.92. The highest BCUT2D eigenvalue weighted by atomic mass is 16.3. The van der Waals surface area contributed by atoms with Gasteiger partial charge in [0.25, 0.3) is 0 Å². The van der Waals surface area contributed by atoms with E-state index in [4.69, 9.17) is 0 Å². The molecule has 25 heavy (non-hydrogen) atoms. The maximum absolute atomic E-state index is 10.1. The normalized spacial score (nSPS) is 20.4. The van der Waals surface area contributed by atoms with Crippen LogP contribution in [0.3, 0.4) is 0 Å². The van der Waals surface area contributed by atoms with Gasteiger partial charge in [-0.1, -0.05) is 83.3 Å². The summed E-state index contributed by atoms with van der Waals surface area (Å²) < 4.78 is 0. The van der Waals surface area contributed by atoms with Crippen molar-refractivity contribution in [3.8, 4) is 0 Å². The van der Waals surface area contributed by atoms with E-state index in [0.717, 1.165) is 25.8 Å². The summed E-state index contributed by atoms with van der Waals surface area (Å²) in [5.74, 6) is 0. The first-order chi connectivity index (χ1) is 12.2. The molecule has 1 fully saturated rings. The molecule has 1 aliphatic heterocycles. The van der Waals surface area contributed by atoms with Crippen LogP contribution in [0.1, 0.15) is 103 Å². The van der Waals surface area contributed by atoms with Crippen LogP contribution in [0.25, 0.3) is 0 Å². The number of unbranched alkanes of at least 4 members (excludes halogenated alkanes) is 11. The van der Waals surface area contributed by atoms with Crippen LogP contribution in [0.2, 0.25) is 0 Å². The SMILES string of the molecule is CCCCCCCCCCCCC/C=C/C(O)CC(O)C1CCCN1. The highest BCUT2D eigenvalue weighted by Gasteiger charge is 2.23. The Morgan fingerprint density at radius 1 is 0.920 bits per heavy atom. The molecule has 0 aromatic heterocycles. The fraction of sp³-hybridized carbons (Fsp3) is 0.909. The molecule has 0 amide bonds. The molecule has 3 unspecified atom stereocenters. The van der Waals surface area contributed by atoms with Crippen LogP contribution in [0, 0.1) is 0 Å². The van der Waals surface area contributed by atoms with Gasteiger partial charge in [0.05, 0.1) is 12.2 Å². The first-order valence-corrected chi connectivity index (χ1v) is 11.0. The monoisotopic (exact) mass is 353 g/mol. The van der Waals surface area contributed by atoms with E-state index >= 15 is 0 Å². The van der Waals surface area contributed by atoms with Gasteiger partial charge in [-0.3, -0.25) is 0 Å². The van der Waals surface area contributed by atoms with Gasteiger partial charge in [0.1, 0.15) is 0 Å². The van der Waals surface area contributed by atoms with Crippen molar-refractivity contribution in [3.05, 3.63) is 12.2 Å². The van der Waals surface area contributed by atoms with E-state index in [-0.39, 0.29) is 6.04 Å². The third-order valence-corrected chi connectivity index (χ3v) is 5.38. The summed E-state index contributed by atoms with van der Waals surface area (Å²) >= 11 is 0. The summed E-state index contributed by atoms with van der Waals surface area (Å²) in [6.45, 7) is 3.26. The molecule has 3 N–H and O–H groups in total. The van der Waals surface area contributed by atoms with E-state index in [2.05, 4.69) is 18.3 Å². The van der Waals surface area contributed by atoms with Crippen LogP contribution < -0.4 is 5.32 Å². The molecule has 3 nitrogen and oxygen atoms in total. The molecular formula is C22H43NO2. The number of hydrogen-bond donors (Lipinski definition) is 3. The molecule has 3 heteroatoms. The summed E-state index contributed by atoms with van der Waals surface area (Å²) in [6, 6.07) is 0.176. The fourth-order valence-corrected chi connectivity index (χ4v) is 3.71. The van der Waals surface area contributed by atoms with Gasteiger partial charge < -0.3 is 15.5 Å². The van der Waals surface area contributed by atoms with Crippen molar-refractivity contribution in [1.29, 1.82) is 0 Å². The van der Waals surface area contributed by atoms with Crippen LogP contribution in [0.15, 0.2) is 12.2 Å². The zero-order valence-corrected chi connectivity index (χ0v) is 16.6. The molecule has 3 atom stereocenters. The number of rotatable bonds is 16. The summed E-state index contributed by atoms with van der Waals surface area (Å²) in [6.07, 6.45) is 21.7. The topological polar surface area (TPSA) is 52.5 Å².